The van der Waals surface area contributed by atoms with E-state index in [1.807, 2.05) is 18.2 Å². The third-order valence-corrected chi connectivity index (χ3v) is 5.90. The molecule has 2 amide bonds. The summed E-state index contributed by atoms with van der Waals surface area (Å²) in [7, 11) is 3.13. The first kappa shape index (κ1) is 27.8. The number of halogens is 1. The molecule has 42 heavy (non-hydrogen) atoms. The number of carbonyl (C=O) groups is 1. The number of rotatable bonds is 10. The van der Waals surface area contributed by atoms with Gasteiger partial charge in [0.1, 0.15) is 17.1 Å². The van der Waals surface area contributed by atoms with Crippen LogP contribution in [-0.4, -0.2) is 41.7 Å². The second kappa shape index (κ2) is 12.6. The quantitative estimate of drug-likeness (QED) is 0.190. The molecule has 0 aliphatic heterocycles. The first-order valence-electron chi connectivity index (χ1n) is 12.7. The predicted octanol–water partition coefficient (Wildman–Crippen LogP) is 5.23. The Hall–Kier alpha value is -5.72. The molecule has 0 fully saturated rings. The predicted molar refractivity (Wildman–Crippen MR) is 153 cm³/mol. The van der Waals surface area contributed by atoms with Gasteiger partial charge in [-0.05, 0) is 60.5 Å². The highest BCUT2D eigenvalue weighted by molar-refractivity contribution is 5.98. The van der Waals surface area contributed by atoms with Gasteiger partial charge in [-0.25, -0.2) is 14.0 Å². The molecular formula is C29H25FN6O6. The first-order chi connectivity index (χ1) is 20.4. The Labute approximate surface area is 238 Å². The molecule has 3 N–H and O–H groups in total. The molecule has 3 aromatic carbocycles. The molecule has 0 saturated carbocycles. The number of aromatic nitrogens is 3. The lowest BCUT2D eigenvalue weighted by Crippen LogP contribution is -2.22. The van der Waals surface area contributed by atoms with Crippen molar-refractivity contribution in [2.24, 2.45) is 0 Å². The van der Waals surface area contributed by atoms with Crippen LogP contribution in [0.1, 0.15) is 5.56 Å². The van der Waals surface area contributed by atoms with Crippen molar-refractivity contribution >= 4 is 34.6 Å². The number of methoxy groups -OCH3 is 2. The van der Waals surface area contributed by atoms with E-state index in [4.69, 9.17) is 18.6 Å². The summed E-state index contributed by atoms with van der Waals surface area (Å²) in [6, 6.07) is 18.0. The molecule has 2 heterocycles. The van der Waals surface area contributed by atoms with Gasteiger partial charge in [0, 0.05) is 12.2 Å². The zero-order valence-electron chi connectivity index (χ0n) is 22.5. The standard InChI is InChI=1S/C29H25FN6O6/c1-39-22-12-7-17(15-24(22)40-2)13-14-31-26-33-27(34-28(38)32-19-10-8-18(30)9-11-19)36-29(35-26)42-23-16-25(37)41-21-6-4-3-5-20(21)23/h3-12,15-16H,13-14H2,1-2H3,(H3,31,32,33,34,35,36,38). The average molecular weight is 573 g/mol. The van der Waals surface area contributed by atoms with Crippen LogP contribution in [0.3, 0.4) is 0 Å². The second-order valence-electron chi connectivity index (χ2n) is 8.75. The fourth-order valence-corrected chi connectivity index (χ4v) is 3.95. The van der Waals surface area contributed by atoms with Crippen LogP contribution in [0.2, 0.25) is 0 Å². The summed E-state index contributed by atoms with van der Waals surface area (Å²) in [6.45, 7) is 0.401. The normalized spacial score (nSPS) is 10.6. The average Bonchev–Trinajstić information content (AvgIpc) is 2.98. The van der Waals surface area contributed by atoms with Crippen LogP contribution >= 0.6 is 0 Å². The zero-order chi connectivity index (χ0) is 29.5. The number of hydrogen-bond acceptors (Lipinski definition) is 10. The highest BCUT2D eigenvalue weighted by atomic mass is 19.1. The van der Waals surface area contributed by atoms with Gasteiger partial charge in [0.2, 0.25) is 11.9 Å². The van der Waals surface area contributed by atoms with Gasteiger partial charge < -0.3 is 29.3 Å². The number of fused-ring (bicyclic) bond motifs is 1. The molecule has 12 nitrogen and oxygen atoms in total. The van der Waals surface area contributed by atoms with Crippen molar-refractivity contribution in [2.45, 2.75) is 6.42 Å². The molecule has 0 aliphatic carbocycles. The van der Waals surface area contributed by atoms with Crippen molar-refractivity contribution in [1.82, 2.24) is 15.0 Å². The van der Waals surface area contributed by atoms with E-state index in [9.17, 15) is 14.0 Å². The number of benzene rings is 3. The first-order valence-corrected chi connectivity index (χ1v) is 12.7. The second-order valence-corrected chi connectivity index (χ2v) is 8.75. The maximum absolute atomic E-state index is 13.2. The molecule has 0 unspecified atom stereocenters. The van der Waals surface area contributed by atoms with Crippen molar-refractivity contribution in [2.75, 3.05) is 36.7 Å². The maximum atomic E-state index is 13.2. The van der Waals surface area contributed by atoms with Gasteiger partial charge in [0.15, 0.2) is 11.5 Å². The Morgan fingerprint density at radius 2 is 1.62 bits per heavy atom. The van der Waals surface area contributed by atoms with Gasteiger partial charge >= 0.3 is 17.7 Å². The van der Waals surface area contributed by atoms with Crippen molar-refractivity contribution in [3.63, 3.8) is 0 Å². The molecular weight excluding hydrogens is 547 g/mol. The monoisotopic (exact) mass is 572 g/mol. The molecule has 0 atom stereocenters. The minimum Gasteiger partial charge on any atom is -0.493 e. The summed E-state index contributed by atoms with van der Waals surface area (Å²) in [4.78, 5) is 37.5. The van der Waals surface area contributed by atoms with Crippen molar-refractivity contribution in [1.29, 1.82) is 0 Å². The fourth-order valence-electron chi connectivity index (χ4n) is 3.95. The zero-order valence-corrected chi connectivity index (χ0v) is 22.5. The SMILES string of the molecule is COc1ccc(CCNc2nc(NC(=O)Nc3ccc(F)cc3)nc(Oc3cc(=O)oc4ccccc34)n2)cc1OC. The van der Waals surface area contributed by atoms with Gasteiger partial charge in [-0.15, -0.1) is 0 Å². The minimum absolute atomic E-state index is 0.102. The smallest absolute Gasteiger partial charge is 0.339 e. The summed E-state index contributed by atoms with van der Waals surface area (Å²) in [5, 5.41) is 8.70. The third-order valence-electron chi connectivity index (χ3n) is 5.90. The molecule has 214 valence electrons. The molecule has 0 bridgehead atoms. The molecule has 0 saturated heterocycles. The van der Waals surface area contributed by atoms with E-state index < -0.39 is 17.5 Å². The van der Waals surface area contributed by atoms with Crippen LogP contribution in [0, 0.1) is 5.82 Å². The highest BCUT2D eigenvalue weighted by Crippen LogP contribution is 2.29. The van der Waals surface area contributed by atoms with E-state index in [-0.39, 0.29) is 23.7 Å². The number of amides is 2. The summed E-state index contributed by atoms with van der Waals surface area (Å²) < 4.78 is 35.0. The van der Waals surface area contributed by atoms with E-state index in [1.54, 1.807) is 38.5 Å². The van der Waals surface area contributed by atoms with E-state index in [1.165, 1.54) is 30.3 Å². The van der Waals surface area contributed by atoms with Gasteiger partial charge in [-0.3, -0.25) is 5.32 Å². The number of para-hydroxylation sites is 1. The lowest BCUT2D eigenvalue weighted by atomic mass is 10.1. The van der Waals surface area contributed by atoms with E-state index in [0.717, 1.165) is 5.56 Å². The van der Waals surface area contributed by atoms with Crippen LogP contribution in [0.4, 0.5) is 26.8 Å². The van der Waals surface area contributed by atoms with E-state index >= 15 is 0 Å². The van der Waals surface area contributed by atoms with Crippen LogP contribution in [0.5, 0.6) is 23.3 Å². The lowest BCUT2D eigenvalue weighted by molar-refractivity contribution is 0.262. The fraction of sp³-hybridized carbons (Fsp3) is 0.138. The van der Waals surface area contributed by atoms with Crippen LogP contribution in [0.25, 0.3) is 11.0 Å². The van der Waals surface area contributed by atoms with Crippen molar-refractivity contribution in [3.8, 4) is 23.3 Å². The largest absolute Gasteiger partial charge is 0.493 e. The molecule has 13 heteroatoms. The van der Waals surface area contributed by atoms with E-state index in [0.29, 0.717) is 41.1 Å². The highest BCUT2D eigenvalue weighted by Gasteiger charge is 2.15. The number of ether oxygens (including phenoxy) is 3. The Bertz CT molecular complexity index is 1780. The Morgan fingerprint density at radius 3 is 2.40 bits per heavy atom. The molecule has 5 aromatic rings. The van der Waals surface area contributed by atoms with Gasteiger partial charge in [0.05, 0.1) is 25.7 Å². The van der Waals surface area contributed by atoms with Gasteiger partial charge in [-0.1, -0.05) is 18.2 Å². The van der Waals surface area contributed by atoms with Crippen LogP contribution in [0.15, 0.2) is 82.0 Å². The summed E-state index contributed by atoms with van der Waals surface area (Å²) in [5.74, 6) is 0.900. The molecule has 0 radical (unpaired) electrons. The third kappa shape index (κ3) is 6.88. The molecule has 0 aliphatic rings. The number of anilines is 3. The van der Waals surface area contributed by atoms with Gasteiger partial charge in [-0.2, -0.15) is 15.0 Å². The summed E-state index contributed by atoms with van der Waals surface area (Å²) in [6.07, 6.45) is 0.570. The maximum Gasteiger partial charge on any atom is 0.339 e. The minimum atomic E-state index is -0.680. The van der Waals surface area contributed by atoms with Crippen molar-refractivity contribution < 1.29 is 27.8 Å². The Kier molecular flexibility index (Phi) is 8.37. The Balaban J connectivity index is 1.38. The molecule has 0 spiro atoms. The number of urea groups is 1. The number of nitrogens with one attached hydrogen (secondary N) is 3. The summed E-state index contributed by atoms with van der Waals surface area (Å²) >= 11 is 0. The topological polar surface area (TPSA) is 150 Å². The lowest BCUT2D eigenvalue weighted by Gasteiger charge is -2.12. The summed E-state index contributed by atoms with van der Waals surface area (Å²) in [5.41, 5.74) is 1.02. The van der Waals surface area contributed by atoms with Crippen molar-refractivity contribution in [3.05, 3.63) is 94.6 Å². The molecule has 2 aromatic heterocycles. The van der Waals surface area contributed by atoms with Crippen LogP contribution < -0.4 is 35.8 Å². The van der Waals surface area contributed by atoms with E-state index in [2.05, 4.69) is 30.9 Å². The molecule has 5 rings (SSSR count). The Morgan fingerprint density at radius 1 is 0.857 bits per heavy atom. The number of carbonyl (C=O) groups excluding carboxylic acids is 1. The number of nitrogens with zero attached hydrogens (tertiary/aromatic N) is 3. The van der Waals surface area contributed by atoms with Gasteiger partial charge in [0.25, 0.3) is 0 Å². The number of hydrogen-bond donors (Lipinski definition) is 3. The van der Waals surface area contributed by atoms with Crippen LogP contribution in [-0.2, 0) is 6.42 Å².